The topological polar surface area (TPSA) is 75.7 Å². The van der Waals surface area contributed by atoms with E-state index < -0.39 is 10.0 Å². The van der Waals surface area contributed by atoms with Gasteiger partial charge in [0.1, 0.15) is 5.75 Å². The summed E-state index contributed by atoms with van der Waals surface area (Å²) >= 11 is 0. The van der Waals surface area contributed by atoms with Gasteiger partial charge in [0.05, 0.1) is 24.1 Å². The third kappa shape index (κ3) is 5.23. The quantitative estimate of drug-likeness (QED) is 0.750. The molecule has 0 fully saturated rings. The number of benzene rings is 2. The van der Waals surface area contributed by atoms with Gasteiger partial charge in [-0.15, -0.1) is 0 Å². The molecule has 2 aromatic carbocycles. The van der Waals surface area contributed by atoms with Gasteiger partial charge in [-0.25, -0.2) is 8.42 Å². The number of nitrogens with one attached hydrogen (secondary N) is 1. The second-order valence-corrected chi connectivity index (χ2v) is 8.40. The average Bonchev–Trinajstić information content (AvgIpc) is 2.68. The van der Waals surface area contributed by atoms with E-state index >= 15 is 0 Å². The van der Waals surface area contributed by atoms with Crippen LogP contribution in [0.3, 0.4) is 0 Å². The highest BCUT2D eigenvalue weighted by Crippen LogP contribution is 2.20. The van der Waals surface area contributed by atoms with E-state index in [2.05, 4.69) is 5.32 Å². The van der Waals surface area contributed by atoms with Crippen LogP contribution >= 0.6 is 0 Å². The van der Waals surface area contributed by atoms with Crippen LogP contribution < -0.4 is 14.4 Å². The lowest BCUT2D eigenvalue weighted by molar-refractivity contribution is 0.0940. The van der Waals surface area contributed by atoms with E-state index in [1.165, 1.54) is 11.4 Å². The first-order valence-electron chi connectivity index (χ1n) is 8.88. The first-order chi connectivity index (χ1) is 12.8. The van der Waals surface area contributed by atoms with Crippen molar-refractivity contribution in [2.75, 3.05) is 23.7 Å². The Balaban J connectivity index is 2.05. The summed E-state index contributed by atoms with van der Waals surface area (Å²) in [6.07, 6.45) is 0. The van der Waals surface area contributed by atoms with Crippen LogP contribution in [0.15, 0.2) is 48.5 Å². The lowest BCUT2D eigenvalue weighted by atomic mass is 10.1. The Morgan fingerprint density at radius 3 is 2.19 bits per heavy atom. The minimum atomic E-state index is -3.32. The highest BCUT2D eigenvalue weighted by atomic mass is 32.2. The van der Waals surface area contributed by atoms with Crippen LogP contribution in [-0.4, -0.2) is 33.7 Å². The van der Waals surface area contributed by atoms with Crippen LogP contribution in [0.2, 0.25) is 0 Å². The minimum absolute atomic E-state index is 0.0192. The van der Waals surface area contributed by atoms with Gasteiger partial charge < -0.3 is 10.1 Å². The number of carbonyl (C=O) groups excluding carboxylic acids is 1. The number of ether oxygens (including phenoxy) is 1. The van der Waals surface area contributed by atoms with Crippen molar-refractivity contribution in [1.82, 2.24) is 5.32 Å². The first-order valence-corrected chi connectivity index (χ1v) is 10.5. The molecule has 0 radical (unpaired) electrons. The fraction of sp³-hybridized carbons (Fsp3) is 0.350. The molecule has 2 aromatic rings. The number of rotatable bonds is 8. The van der Waals surface area contributed by atoms with Crippen molar-refractivity contribution in [3.63, 3.8) is 0 Å². The summed E-state index contributed by atoms with van der Waals surface area (Å²) in [5, 5.41) is 2.94. The predicted molar refractivity (Wildman–Crippen MR) is 108 cm³/mol. The summed E-state index contributed by atoms with van der Waals surface area (Å²) in [5.41, 5.74) is 1.96. The Labute approximate surface area is 161 Å². The van der Waals surface area contributed by atoms with Crippen molar-refractivity contribution >= 4 is 21.6 Å². The molecule has 1 amide bonds. The van der Waals surface area contributed by atoms with E-state index in [1.807, 2.05) is 38.1 Å². The zero-order valence-corrected chi connectivity index (χ0v) is 16.9. The normalized spacial score (nSPS) is 12.3. The Bertz CT molecular complexity index is 862. The summed E-state index contributed by atoms with van der Waals surface area (Å²) in [4.78, 5) is 12.5. The molecule has 1 unspecified atom stereocenters. The van der Waals surface area contributed by atoms with Crippen molar-refractivity contribution in [1.29, 1.82) is 0 Å². The molecule has 0 aliphatic heterocycles. The molecular weight excluding hydrogens is 364 g/mol. The fourth-order valence-corrected chi connectivity index (χ4v) is 3.39. The summed E-state index contributed by atoms with van der Waals surface area (Å²) < 4.78 is 30.5. The standard InChI is InChI=1S/C20H26N2O4S/c1-5-26-19-13-9-16(10-14-19)15(3)21-20(23)17-7-11-18(12-8-17)22(4)27(24,25)6-2/h7-15H,5-6H2,1-4H3,(H,21,23). The Morgan fingerprint density at radius 1 is 1.07 bits per heavy atom. The van der Waals surface area contributed by atoms with Crippen LogP contribution in [0.25, 0.3) is 0 Å². The summed E-state index contributed by atoms with van der Waals surface area (Å²) in [7, 11) is -1.82. The fourth-order valence-electron chi connectivity index (χ4n) is 2.56. The summed E-state index contributed by atoms with van der Waals surface area (Å²) in [5.74, 6) is 0.594. The molecule has 0 aromatic heterocycles. The molecule has 27 heavy (non-hydrogen) atoms. The number of carbonyl (C=O) groups is 1. The number of anilines is 1. The smallest absolute Gasteiger partial charge is 0.251 e. The van der Waals surface area contributed by atoms with Gasteiger partial charge in [0, 0.05) is 12.6 Å². The van der Waals surface area contributed by atoms with Crippen LogP contribution in [0, 0.1) is 0 Å². The Hall–Kier alpha value is -2.54. The van der Waals surface area contributed by atoms with Crippen LogP contribution in [0.4, 0.5) is 5.69 Å². The SMILES string of the molecule is CCOc1ccc(C(C)NC(=O)c2ccc(N(C)S(=O)(=O)CC)cc2)cc1. The molecule has 146 valence electrons. The lowest BCUT2D eigenvalue weighted by Crippen LogP contribution is -2.28. The molecule has 0 saturated heterocycles. The second kappa shape index (κ2) is 8.90. The Kier molecular flexibility index (Phi) is 6.85. The molecule has 0 aliphatic carbocycles. The van der Waals surface area contributed by atoms with Crippen LogP contribution in [0.5, 0.6) is 5.75 Å². The van der Waals surface area contributed by atoms with Crippen molar-refractivity contribution < 1.29 is 17.9 Å². The predicted octanol–water partition coefficient (Wildman–Crippen LogP) is 3.36. The summed E-state index contributed by atoms with van der Waals surface area (Å²) in [6, 6.07) is 13.9. The molecule has 7 heteroatoms. The van der Waals surface area contributed by atoms with Gasteiger partial charge in [0.15, 0.2) is 0 Å². The van der Waals surface area contributed by atoms with Gasteiger partial charge in [-0.1, -0.05) is 12.1 Å². The average molecular weight is 391 g/mol. The third-order valence-electron chi connectivity index (χ3n) is 4.31. The summed E-state index contributed by atoms with van der Waals surface area (Å²) in [6.45, 7) is 6.04. The number of hydrogen-bond acceptors (Lipinski definition) is 4. The maximum absolute atomic E-state index is 12.5. The molecule has 2 rings (SSSR count). The minimum Gasteiger partial charge on any atom is -0.494 e. The number of amides is 1. The largest absolute Gasteiger partial charge is 0.494 e. The van der Waals surface area contributed by atoms with E-state index in [0.717, 1.165) is 11.3 Å². The van der Waals surface area contributed by atoms with Gasteiger partial charge in [0.2, 0.25) is 10.0 Å². The maximum atomic E-state index is 12.5. The van der Waals surface area contributed by atoms with Gasteiger partial charge >= 0.3 is 0 Å². The molecule has 6 nitrogen and oxygen atoms in total. The van der Waals surface area contributed by atoms with Crippen molar-refractivity contribution in [3.8, 4) is 5.75 Å². The first kappa shape index (κ1) is 20.8. The second-order valence-electron chi connectivity index (χ2n) is 6.11. The zero-order chi connectivity index (χ0) is 20.0. The molecule has 0 bridgehead atoms. The number of hydrogen-bond donors (Lipinski definition) is 1. The van der Waals surface area contributed by atoms with E-state index in [9.17, 15) is 13.2 Å². The molecule has 0 saturated carbocycles. The van der Waals surface area contributed by atoms with E-state index in [-0.39, 0.29) is 17.7 Å². The highest BCUT2D eigenvalue weighted by molar-refractivity contribution is 7.92. The molecule has 1 atom stereocenters. The number of sulfonamides is 1. The van der Waals surface area contributed by atoms with Crippen molar-refractivity contribution in [2.24, 2.45) is 0 Å². The monoisotopic (exact) mass is 390 g/mol. The highest BCUT2D eigenvalue weighted by Gasteiger charge is 2.17. The molecular formula is C20H26N2O4S. The van der Waals surface area contributed by atoms with Crippen LogP contribution in [-0.2, 0) is 10.0 Å². The molecule has 0 heterocycles. The number of nitrogens with zero attached hydrogens (tertiary/aromatic N) is 1. The van der Waals surface area contributed by atoms with Crippen LogP contribution in [0.1, 0.15) is 42.7 Å². The van der Waals surface area contributed by atoms with Gasteiger partial charge in [0.25, 0.3) is 5.91 Å². The molecule has 1 N–H and O–H groups in total. The van der Waals surface area contributed by atoms with E-state index in [4.69, 9.17) is 4.74 Å². The van der Waals surface area contributed by atoms with Crippen molar-refractivity contribution in [2.45, 2.75) is 26.8 Å². The zero-order valence-electron chi connectivity index (χ0n) is 16.1. The van der Waals surface area contributed by atoms with Gasteiger partial charge in [-0.3, -0.25) is 9.10 Å². The molecule has 0 aliphatic rings. The Morgan fingerprint density at radius 2 is 1.67 bits per heavy atom. The van der Waals surface area contributed by atoms with Crippen molar-refractivity contribution in [3.05, 3.63) is 59.7 Å². The molecule has 0 spiro atoms. The van der Waals surface area contributed by atoms with Gasteiger partial charge in [-0.05, 0) is 62.7 Å². The van der Waals surface area contributed by atoms with Gasteiger partial charge in [-0.2, -0.15) is 0 Å². The van der Waals surface area contributed by atoms with E-state index in [1.54, 1.807) is 31.2 Å². The lowest BCUT2D eigenvalue weighted by Gasteiger charge is -2.19. The third-order valence-corrected chi connectivity index (χ3v) is 6.09. The maximum Gasteiger partial charge on any atom is 0.251 e. The van der Waals surface area contributed by atoms with E-state index in [0.29, 0.717) is 17.9 Å².